The molecule has 0 saturated heterocycles. The number of hydrogen-bond donors (Lipinski definition) is 4. The Balaban J connectivity index is 2.78. The van der Waals surface area contributed by atoms with Crippen molar-refractivity contribution in [3.8, 4) is 0 Å². The fourth-order valence-electron chi connectivity index (χ4n) is 1.16. The summed E-state index contributed by atoms with van der Waals surface area (Å²) >= 11 is 0. The van der Waals surface area contributed by atoms with Gasteiger partial charge in [-0.25, -0.2) is 0 Å². The van der Waals surface area contributed by atoms with Crippen LogP contribution in [0.25, 0.3) is 0 Å². The molecule has 4 N–H and O–H groups in total. The molecule has 14 heavy (non-hydrogen) atoms. The quantitative estimate of drug-likeness (QED) is 0.349. The van der Waals surface area contributed by atoms with Crippen LogP contribution in [0.3, 0.4) is 0 Å². The van der Waals surface area contributed by atoms with E-state index in [9.17, 15) is 0 Å². The van der Waals surface area contributed by atoms with Crippen molar-refractivity contribution in [2.75, 3.05) is 39.4 Å². The van der Waals surface area contributed by atoms with Crippen molar-refractivity contribution in [3.63, 3.8) is 0 Å². The predicted molar refractivity (Wildman–Crippen MR) is 58.4 cm³/mol. The minimum atomic E-state index is 0.274. The van der Waals surface area contributed by atoms with Crippen molar-refractivity contribution in [3.05, 3.63) is 0 Å². The summed E-state index contributed by atoms with van der Waals surface area (Å²) in [4.78, 5) is 0. The fraction of sp³-hybridized carbons (Fsp3) is 1.00. The highest BCUT2D eigenvalue weighted by atomic mass is 16.3. The van der Waals surface area contributed by atoms with Gasteiger partial charge in [0.1, 0.15) is 0 Å². The average molecular weight is 204 g/mol. The molecule has 0 rings (SSSR count). The highest BCUT2D eigenvalue weighted by Crippen LogP contribution is 1.85. The van der Waals surface area contributed by atoms with E-state index in [1.807, 2.05) is 0 Å². The van der Waals surface area contributed by atoms with Gasteiger partial charge in [-0.3, -0.25) is 0 Å². The zero-order chi connectivity index (χ0) is 10.5. The van der Waals surface area contributed by atoms with Crippen LogP contribution in [0.2, 0.25) is 0 Å². The minimum Gasteiger partial charge on any atom is -0.396 e. The second kappa shape index (κ2) is 12.8. The Morgan fingerprint density at radius 2 is 0.929 bits per heavy atom. The van der Waals surface area contributed by atoms with Crippen LogP contribution < -0.4 is 10.6 Å². The van der Waals surface area contributed by atoms with Gasteiger partial charge < -0.3 is 20.8 Å². The molecule has 0 unspecified atom stereocenters. The molecule has 0 bridgehead atoms. The van der Waals surface area contributed by atoms with Gasteiger partial charge in [0.2, 0.25) is 0 Å². The number of hydrogen-bond acceptors (Lipinski definition) is 4. The molecular formula is C10H24N2O2. The van der Waals surface area contributed by atoms with Gasteiger partial charge in [0, 0.05) is 13.2 Å². The van der Waals surface area contributed by atoms with E-state index < -0.39 is 0 Å². The van der Waals surface area contributed by atoms with Gasteiger partial charge in [-0.1, -0.05) is 0 Å². The molecule has 4 nitrogen and oxygen atoms in total. The van der Waals surface area contributed by atoms with Crippen molar-refractivity contribution in [1.29, 1.82) is 0 Å². The molecule has 0 aromatic carbocycles. The molecule has 0 amide bonds. The van der Waals surface area contributed by atoms with Crippen LogP contribution in [-0.4, -0.2) is 49.6 Å². The topological polar surface area (TPSA) is 64.5 Å². The van der Waals surface area contributed by atoms with E-state index >= 15 is 0 Å². The fourth-order valence-corrected chi connectivity index (χ4v) is 1.16. The zero-order valence-electron chi connectivity index (χ0n) is 8.97. The lowest BCUT2D eigenvalue weighted by Gasteiger charge is -2.04. The molecule has 86 valence electrons. The normalized spacial score (nSPS) is 10.7. The Kier molecular flexibility index (Phi) is 12.7. The van der Waals surface area contributed by atoms with E-state index in [0.29, 0.717) is 0 Å². The maximum absolute atomic E-state index is 8.52. The maximum Gasteiger partial charge on any atom is 0.0443 e. The zero-order valence-corrected chi connectivity index (χ0v) is 8.97. The van der Waals surface area contributed by atoms with Crippen LogP contribution in [0.1, 0.15) is 25.7 Å². The highest BCUT2D eigenvalue weighted by molar-refractivity contribution is 4.51. The predicted octanol–water partition coefficient (Wildman–Crippen LogP) is -0.289. The summed E-state index contributed by atoms with van der Waals surface area (Å²) < 4.78 is 0. The molecule has 0 heterocycles. The molecule has 0 aromatic rings. The Morgan fingerprint density at radius 3 is 1.29 bits per heavy atom. The summed E-state index contributed by atoms with van der Waals surface area (Å²) in [6.45, 7) is 4.43. The number of aliphatic hydroxyl groups is 2. The largest absolute Gasteiger partial charge is 0.396 e. The molecule has 0 atom stereocenters. The first kappa shape index (κ1) is 13.8. The van der Waals surface area contributed by atoms with E-state index in [4.69, 9.17) is 10.2 Å². The Bertz CT molecular complexity index is 90.1. The van der Waals surface area contributed by atoms with Gasteiger partial charge in [-0.05, 0) is 51.9 Å². The van der Waals surface area contributed by atoms with Crippen LogP contribution >= 0.6 is 0 Å². The third kappa shape index (κ3) is 11.8. The molecule has 0 aliphatic rings. The molecule has 0 aliphatic heterocycles. The summed E-state index contributed by atoms with van der Waals surface area (Å²) in [5.41, 5.74) is 0. The molecule has 4 heteroatoms. The number of rotatable bonds is 11. The first-order valence-electron chi connectivity index (χ1n) is 5.55. The van der Waals surface area contributed by atoms with E-state index in [1.54, 1.807) is 0 Å². The van der Waals surface area contributed by atoms with Gasteiger partial charge in [-0.2, -0.15) is 0 Å². The first-order chi connectivity index (χ1) is 6.91. The average Bonchev–Trinajstić information content (AvgIpc) is 2.21. The summed E-state index contributed by atoms with van der Waals surface area (Å²) in [5.74, 6) is 0. The molecule has 0 aromatic heterocycles. The first-order valence-corrected chi connectivity index (χ1v) is 5.55. The maximum atomic E-state index is 8.52. The van der Waals surface area contributed by atoms with Crippen LogP contribution in [0.4, 0.5) is 0 Å². The van der Waals surface area contributed by atoms with Crippen molar-refractivity contribution >= 4 is 0 Å². The van der Waals surface area contributed by atoms with E-state index in [0.717, 1.165) is 51.9 Å². The van der Waals surface area contributed by atoms with Crippen molar-refractivity contribution < 1.29 is 10.2 Å². The lowest BCUT2D eigenvalue weighted by molar-refractivity contribution is 0.284. The number of nitrogens with one attached hydrogen (secondary N) is 2. The second-order valence-electron chi connectivity index (χ2n) is 3.36. The molecule has 0 saturated carbocycles. The highest BCUT2D eigenvalue weighted by Gasteiger charge is 1.89. The van der Waals surface area contributed by atoms with Crippen LogP contribution in [0, 0.1) is 0 Å². The Hall–Kier alpha value is -0.160. The summed E-state index contributed by atoms with van der Waals surface area (Å²) in [6, 6.07) is 0. The van der Waals surface area contributed by atoms with Crippen LogP contribution in [0.15, 0.2) is 0 Å². The Labute approximate surface area is 86.7 Å². The molecule has 0 spiro atoms. The van der Waals surface area contributed by atoms with Crippen LogP contribution in [-0.2, 0) is 0 Å². The summed E-state index contributed by atoms with van der Waals surface area (Å²) in [7, 11) is 0. The lowest BCUT2D eigenvalue weighted by Crippen LogP contribution is -2.21. The third-order valence-corrected chi connectivity index (χ3v) is 1.98. The van der Waals surface area contributed by atoms with Gasteiger partial charge >= 0.3 is 0 Å². The number of aliphatic hydroxyl groups excluding tert-OH is 2. The third-order valence-electron chi connectivity index (χ3n) is 1.98. The van der Waals surface area contributed by atoms with Gasteiger partial charge in [0.15, 0.2) is 0 Å². The lowest BCUT2D eigenvalue weighted by atomic mass is 10.3. The van der Waals surface area contributed by atoms with Gasteiger partial charge in [0.25, 0.3) is 0 Å². The monoisotopic (exact) mass is 204 g/mol. The molecule has 0 fully saturated rings. The minimum absolute atomic E-state index is 0.274. The van der Waals surface area contributed by atoms with Crippen molar-refractivity contribution in [1.82, 2.24) is 10.6 Å². The molecular weight excluding hydrogens is 180 g/mol. The number of unbranched alkanes of at least 4 members (excludes halogenated alkanes) is 1. The van der Waals surface area contributed by atoms with E-state index in [2.05, 4.69) is 10.6 Å². The summed E-state index contributed by atoms with van der Waals surface area (Å²) in [5, 5.41) is 23.6. The van der Waals surface area contributed by atoms with E-state index in [-0.39, 0.29) is 13.2 Å². The van der Waals surface area contributed by atoms with Crippen LogP contribution in [0.5, 0.6) is 0 Å². The van der Waals surface area contributed by atoms with Gasteiger partial charge in [0.05, 0.1) is 0 Å². The standard InChI is InChI=1S/C10H24N2O2/c13-9-3-7-11-5-1-2-6-12-8-4-10-14/h11-14H,1-10H2. The van der Waals surface area contributed by atoms with E-state index in [1.165, 1.54) is 0 Å². The Morgan fingerprint density at radius 1 is 0.571 bits per heavy atom. The van der Waals surface area contributed by atoms with Gasteiger partial charge in [-0.15, -0.1) is 0 Å². The second-order valence-corrected chi connectivity index (χ2v) is 3.36. The summed E-state index contributed by atoms with van der Waals surface area (Å²) in [6.07, 6.45) is 4.01. The SMILES string of the molecule is OCCCNCCCCNCCCO. The van der Waals surface area contributed by atoms with Crippen molar-refractivity contribution in [2.24, 2.45) is 0 Å². The molecule has 0 radical (unpaired) electrons. The smallest absolute Gasteiger partial charge is 0.0443 e. The van der Waals surface area contributed by atoms with Crippen molar-refractivity contribution in [2.45, 2.75) is 25.7 Å². The molecule has 0 aliphatic carbocycles.